The SMILES string of the molecule is CCCCOc1ccc(/C=N\NC(=O)c2cccs2)cc1OCC. The lowest BCUT2D eigenvalue weighted by Gasteiger charge is -2.12. The molecule has 5 nitrogen and oxygen atoms in total. The smallest absolute Gasteiger partial charge is 0.281 e. The maximum atomic E-state index is 11.8. The molecule has 0 atom stereocenters. The third-order valence-electron chi connectivity index (χ3n) is 3.15. The van der Waals surface area contributed by atoms with Crippen LogP contribution in [0.4, 0.5) is 0 Å². The van der Waals surface area contributed by atoms with Gasteiger partial charge in [0, 0.05) is 0 Å². The predicted molar refractivity (Wildman–Crippen MR) is 97.4 cm³/mol. The minimum Gasteiger partial charge on any atom is -0.490 e. The molecule has 0 aliphatic heterocycles. The zero-order valence-corrected chi connectivity index (χ0v) is 14.8. The molecule has 0 aliphatic carbocycles. The molecule has 1 N–H and O–H groups in total. The molecule has 0 radical (unpaired) electrons. The van der Waals surface area contributed by atoms with Crippen molar-refractivity contribution in [3.05, 3.63) is 46.2 Å². The van der Waals surface area contributed by atoms with E-state index in [2.05, 4.69) is 17.5 Å². The quantitative estimate of drug-likeness (QED) is 0.423. The molecule has 0 saturated heterocycles. The van der Waals surface area contributed by atoms with Crippen LogP contribution in [0.3, 0.4) is 0 Å². The van der Waals surface area contributed by atoms with Gasteiger partial charge < -0.3 is 9.47 Å². The number of nitrogens with one attached hydrogen (secondary N) is 1. The normalized spacial score (nSPS) is 10.8. The molecule has 2 aromatic rings. The van der Waals surface area contributed by atoms with E-state index in [9.17, 15) is 4.79 Å². The molecular weight excluding hydrogens is 324 g/mol. The van der Waals surface area contributed by atoms with Crippen LogP contribution in [0.5, 0.6) is 11.5 Å². The van der Waals surface area contributed by atoms with Crippen molar-refractivity contribution in [2.45, 2.75) is 26.7 Å². The lowest BCUT2D eigenvalue weighted by molar-refractivity contribution is 0.0959. The Labute approximate surface area is 146 Å². The highest BCUT2D eigenvalue weighted by Gasteiger charge is 2.07. The molecule has 1 aromatic carbocycles. The summed E-state index contributed by atoms with van der Waals surface area (Å²) in [6.07, 6.45) is 3.67. The highest BCUT2D eigenvalue weighted by atomic mass is 32.1. The fourth-order valence-electron chi connectivity index (χ4n) is 1.95. The molecular formula is C18H22N2O3S. The number of rotatable bonds is 9. The molecule has 2 rings (SSSR count). The van der Waals surface area contributed by atoms with E-state index < -0.39 is 0 Å². The highest BCUT2D eigenvalue weighted by Crippen LogP contribution is 2.28. The minimum absolute atomic E-state index is 0.217. The molecule has 1 amide bonds. The summed E-state index contributed by atoms with van der Waals surface area (Å²) in [6.45, 7) is 5.27. The van der Waals surface area contributed by atoms with Crippen LogP contribution in [-0.2, 0) is 0 Å². The van der Waals surface area contributed by atoms with Crippen molar-refractivity contribution in [2.75, 3.05) is 13.2 Å². The van der Waals surface area contributed by atoms with Crippen LogP contribution in [-0.4, -0.2) is 25.3 Å². The topological polar surface area (TPSA) is 59.9 Å². The third-order valence-corrected chi connectivity index (χ3v) is 4.02. The maximum Gasteiger partial charge on any atom is 0.281 e. The van der Waals surface area contributed by atoms with E-state index >= 15 is 0 Å². The van der Waals surface area contributed by atoms with Crippen molar-refractivity contribution in [1.82, 2.24) is 5.43 Å². The van der Waals surface area contributed by atoms with Crippen molar-refractivity contribution in [3.63, 3.8) is 0 Å². The summed E-state index contributed by atoms with van der Waals surface area (Å²) in [5.74, 6) is 1.19. The zero-order valence-electron chi connectivity index (χ0n) is 14.0. The predicted octanol–water partition coefficient (Wildman–Crippen LogP) is 4.09. The Balaban J connectivity index is 2.00. The Hall–Kier alpha value is -2.34. The van der Waals surface area contributed by atoms with Crippen molar-refractivity contribution in [3.8, 4) is 11.5 Å². The standard InChI is InChI=1S/C18H22N2O3S/c1-3-5-10-23-15-9-8-14(12-16(15)22-4-2)13-19-20-18(21)17-7-6-11-24-17/h6-9,11-13H,3-5,10H2,1-2H3,(H,20,21)/b19-13-. The fraction of sp³-hybridized carbons (Fsp3) is 0.333. The van der Waals surface area contributed by atoms with Crippen LogP contribution in [0.2, 0.25) is 0 Å². The average molecular weight is 346 g/mol. The van der Waals surface area contributed by atoms with E-state index in [0.29, 0.717) is 23.8 Å². The van der Waals surface area contributed by atoms with Crippen LogP contribution in [0.15, 0.2) is 40.8 Å². The second-order valence-corrected chi connectivity index (χ2v) is 5.97. The second kappa shape index (κ2) is 9.72. The van der Waals surface area contributed by atoms with Gasteiger partial charge in [-0.2, -0.15) is 5.10 Å². The Kier molecular flexibility index (Phi) is 7.29. The molecule has 0 saturated carbocycles. The minimum atomic E-state index is -0.217. The number of hydrogen-bond donors (Lipinski definition) is 1. The largest absolute Gasteiger partial charge is 0.490 e. The fourth-order valence-corrected chi connectivity index (χ4v) is 2.56. The number of carbonyl (C=O) groups excluding carboxylic acids is 1. The average Bonchev–Trinajstić information content (AvgIpc) is 3.12. The molecule has 1 aromatic heterocycles. The second-order valence-electron chi connectivity index (χ2n) is 5.02. The number of hydrogen-bond acceptors (Lipinski definition) is 5. The van der Waals surface area contributed by atoms with Gasteiger partial charge in [0.1, 0.15) is 0 Å². The number of hydrazone groups is 1. The Morgan fingerprint density at radius 2 is 2.12 bits per heavy atom. The van der Waals surface area contributed by atoms with Gasteiger partial charge in [0.15, 0.2) is 11.5 Å². The van der Waals surface area contributed by atoms with Gasteiger partial charge in [0.25, 0.3) is 5.91 Å². The maximum absolute atomic E-state index is 11.8. The highest BCUT2D eigenvalue weighted by molar-refractivity contribution is 7.12. The van der Waals surface area contributed by atoms with E-state index in [1.54, 1.807) is 12.3 Å². The molecule has 0 bridgehead atoms. The van der Waals surface area contributed by atoms with Gasteiger partial charge in [-0.3, -0.25) is 4.79 Å². The number of carbonyl (C=O) groups is 1. The van der Waals surface area contributed by atoms with Crippen molar-refractivity contribution in [1.29, 1.82) is 0 Å². The number of amides is 1. The number of thiophene rings is 1. The number of unbranched alkanes of at least 4 members (excludes halogenated alkanes) is 1. The Morgan fingerprint density at radius 1 is 1.25 bits per heavy atom. The molecule has 24 heavy (non-hydrogen) atoms. The van der Waals surface area contributed by atoms with Crippen LogP contribution < -0.4 is 14.9 Å². The van der Waals surface area contributed by atoms with Gasteiger partial charge >= 0.3 is 0 Å². The van der Waals surface area contributed by atoms with Gasteiger partial charge in [-0.1, -0.05) is 19.4 Å². The molecule has 0 unspecified atom stereocenters. The number of nitrogens with zero attached hydrogens (tertiary/aromatic N) is 1. The number of benzene rings is 1. The van der Waals surface area contributed by atoms with Crippen molar-refractivity contribution < 1.29 is 14.3 Å². The first-order valence-electron chi connectivity index (χ1n) is 8.01. The van der Waals surface area contributed by atoms with Crippen molar-refractivity contribution >= 4 is 23.5 Å². The van der Waals surface area contributed by atoms with Gasteiger partial charge in [0.2, 0.25) is 0 Å². The van der Waals surface area contributed by atoms with E-state index in [4.69, 9.17) is 9.47 Å². The molecule has 0 fully saturated rings. The molecule has 6 heteroatoms. The summed E-state index contributed by atoms with van der Waals surface area (Å²) < 4.78 is 11.4. The van der Waals surface area contributed by atoms with Gasteiger partial charge in [-0.05, 0) is 48.6 Å². The third kappa shape index (κ3) is 5.38. The van der Waals surface area contributed by atoms with Gasteiger partial charge in [0.05, 0.1) is 24.3 Å². The van der Waals surface area contributed by atoms with Crippen LogP contribution >= 0.6 is 11.3 Å². The first-order valence-corrected chi connectivity index (χ1v) is 8.89. The van der Waals surface area contributed by atoms with E-state index in [0.717, 1.165) is 24.2 Å². The summed E-state index contributed by atoms with van der Waals surface area (Å²) in [5, 5.41) is 5.84. The van der Waals surface area contributed by atoms with Gasteiger partial charge in [-0.25, -0.2) is 5.43 Å². The van der Waals surface area contributed by atoms with E-state index in [1.165, 1.54) is 11.3 Å². The Morgan fingerprint density at radius 3 is 2.83 bits per heavy atom. The molecule has 0 spiro atoms. The number of ether oxygens (including phenoxy) is 2. The van der Waals surface area contributed by atoms with Crippen LogP contribution in [0.1, 0.15) is 41.9 Å². The van der Waals surface area contributed by atoms with E-state index in [1.807, 2.05) is 36.6 Å². The molecule has 128 valence electrons. The summed E-state index contributed by atoms with van der Waals surface area (Å²) in [7, 11) is 0. The van der Waals surface area contributed by atoms with E-state index in [-0.39, 0.29) is 5.91 Å². The van der Waals surface area contributed by atoms with Crippen LogP contribution in [0.25, 0.3) is 0 Å². The monoisotopic (exact) mass is 346 g/mol. The van der Waals surface area contributed by atoms with Crippen molar-refractivity contribution in [2.24, 2.45) is 5.10 Å². The summed E-state index contributed by atoms with van der Waals surface area (Å²) in [5.41, 5.74) is 3.34. The first kappa shape index (κ1) is 18.0. The lowest BCUT2D eigenvalue weighted by Crippen LogP contribution is -2.16. The lowest BCUT2D eigenvalue weighted by atomic mass is 10.2. The summed E-state index contributed by atoms with van der Waals surface area (Å²) >= 11 is 1.38. The molecule has 1 heterocycles. The van der Waals surface area contributed by atoms with Crippen LogP contribution in [0, 0.1) is 0 Å². The summed E-state index contributed by atoms with van der Waals surface area (Å²) in [6, 6.07) is 9.18. The first-order chi connectivity index (χ1) is 11.7. The zero-order chi connectivity index (χ0) is 17.2. The van der Waals surface area contributed by atoms with Gasteiger partial charge in [-0.15, -0.1) is 11.3 Å². The Bertz CT molecular complexity index is 669. The summed E-state index contributed by atoms with van der Waals surface area (Å²) in [4.78, 5) is 12.4. The molecule has 0 aliphatic rings.